The number of carbonyl (C=O) groups excluding carboxylic acids is 1. The van der Waals surface area contributed by atoms with E-state index in [-0.39, 0.29) is 17.9 Å². The molecule has 1 aromatic carbocycles. The molecule has 0 spiro atoms. The van der Waals surface area contributed by atoms with Gasteiger partial charge in [0.15, 0.2) is 0 Å². The number of nitrogens with zero attached hydrogens (tertiary/aromatic N) is 1. The molecule has 18 heavy (non-hydrogen) atoms. The molecule has 0 heterocycles. The lowest BCUT2D eigenvalue weighted by molar-refractivity contribution is -0.134. The topological polar surface area (TPSA) is 46.3 Å². The van der Waals surface area contributed by atoms with Crippen molar-refractivity contribution in [3.8, 4) is 0 Å². The zero-order valence-electron chi connectivity index (χ0n) is 11.4. The molecule has 0 bridgehead atoms. The molecule has 0 aliphatic carbocycles. The zero-order chi connectivity index (χ0) is 13.9. The average molecular weight is 269 g/mol. The highest BCUT2D eigenvalue weighted by Gasteiger charge is 2.24. The third-order valence-corrected chi connectivity index (χ3v) is 3.50. The number of nitrogens with two attached hydrogens (primary N) is 1. The van der Waals surface area contributed by atoms with Crippen molar-refractivity contribution in [3.63, 3.8) is 0 Å². The van der Waals surface area contributed by atoms with Crippen molar-refractivity contribution in [2.75, 3.05) is 7.05 Å². The Morgan fingerprint density at radius 1 is 1.33 bits per heavy atom. The predicted molar refractivity (Wildman–Crippen MR) is 75.5 cm³/mol. The maximum atomic E-state index is 12.2. The number of amides is 1. The minimum Gasteiger partial charge on any atom is -0.338 e. The smallest absolute Gasteiger partial charge is 0.239 e. The van der Waals surface area contributed by atoms with Crippen LogP contribution in [0.1, 0.15) is 32.4 Å². The lowest BCUT2D eigenvalue weighted by atomic mass is 10.0. The van der Waals surface area contributed by atoms with Crippen LogP contribution in [-0.2, 0) is 4.79 Å². The van der Waals surface area contributed by atoms with E-state index in [0.29, 0.717) is 5.02 Å². The number of hydrogen-bond donors (Lipinski definition) is 1. The van der Waals surface area contributed by atoms with Crippen molar-refractivity contribution in [1.29, 1.82) is 0 Å². The molecule has 1 rings (SSSR count). The third-order valence-electron chi connectivity index (χ3n) is 3.26. The molecule has 2 atom stereocenters. The van der Waals surface area contributed by atoms with Gasteiger partial charge in [0.05, 0.1) is 12.1 Å². The number of hydrogen-bond acceptors (Lipinski definition) is 2. The van der Waals surface area contributed by atoms with E-state index < -0.39 is 6.04 Å². The standard InChI is InChI=1S/C14H21ClN2O/c1-9(2)13(16)14(18)17(4)10(3)11-6-5-7-12(15)8-11/h5-10,13H,16H2,1-4H3/t10?,13-/m0/s1. The molecule has 1 aromatic rings. The first kappa shape index (κ1) is 15.0. The maximum absolute atomic E-state index is 12.2. The van der Waals surface area contributed by atoms with Crippen LogP contribution in [0, 0.1) is 5.92 Å². The number of halogens is 1. The molecule has 3 nitrogen and oxygen atoms in total. The third kappa shape index (κ3) is 3.47. The first-order chi connectivity index (χ1) is 8.34. The van der Waals surface area contributed by atoms with Gasteiger partial charge < -0.3 is 10.6 Å². The van der Waals surface area contributed by atoms with E-state index in [4.69, 9.17) is 17.3 Å². The molecule has 1 unspecified atom stereocenters. The van der Waals surface area contributed by atoms with Gasteiger partial charge in [-0.2, -0.15) is 0 Å². The van der Waals surface area contributed by atoms with Crippen LogP contribution in [0.5, 0.6) is 0 Å². The van der Waals surface area contributed by atoms with Crippen molar-refractivity contribution in [2.24, 2.45) is 11.7 Å². The normalized spacial score (nSPS) is 14.4. The number of likely N-dealkylation sites (N-methyl/N-ethyl adjacent to an activating group) is 1. The second-order valence-electron chi connectivity index (χ2n) is 4.95. The molecule has 0 saturated heterocycles. The summed E-state index contributed by atoms with van der Waals surface area (Å²) in [5.41, 5.74) is 6.90. The molecule has 2 N–H and O–H groups in total. The monoisotopic (exact) mass is 268 g/mol. The average Bonchev–Trinajstić information content (AvgIpc) is 2.35. The molecular formula is C14H21ClN2O. The Kier molecular flexibility index (Phi) is 5.17. The zero-order valence-corrected chi connectivity index (χ0v) is 12.1. The van der Waals surface area contributed by atoms with E-state index in [1.807, 2.05) is 45.0 Å². The molecule has 0 aromatic heterocycles. The molecule has 0 saturated carbocycles. The SMILES string of the molecule is CC(C)[C@H](N)C(=O)N(C)C(C)c1cccc(Cl)c1. The summed E-state index contributed by atoms with van der Waals surface area (Å²) >= 11 is 5.96. The van der Waals surface area contributed by atoms with Crippen LogP contribution in [0.4, 0.5) is 0 Å². The van der Waals surface area contributed by atoms with Gasteiger partial charge in [0.1, 0.15) is 0 Å². The number of rotatable bonds is 4. The quantitative estimate of drug-likeness (QED) is 0.913. The Bertz CT molecular complexity index is 420. The summed E-state index contributed by atoms with van der Waals surface area (Å²) in [4.78, 5) is 13.8. The van der Waals surface area contributed by atoms with Crippen LogP contribution in [-0.4, -0.2) is 23.9 Å². The molecular weight excluding hydrogens is 248 g/mol. The van der Waals surface area contributed by atoms with E-state index >= 15 is 0 Å². The predicted octanol–water partition coefficient (Wildman–Crippen LogP) is 2.84. The van der Waals surface area contributed by atoms with Gasteiger partial charge in [-0.25, -0.2) is 0 Å². The largest absolute Gasteiger partial charge is 0.338 e. The van der Waals surface area contributed by atoms with Crippen molar-refractivity contribution in [2.45, 2.75) is 32.9 Å². The highest BCUT2D eigenvalue weighted by molar-refractivity contribution is 6.30. The first-order valence-electron chi connectivity index (χ1n) is 6.12. The van der Waals surface area contributed by atoms with Crippen molar-refractivity contribution in [1.82, 2.24) is 4.90 Å². The summed E-state index contributed by atoms with van der Waals surface area (Å²) in [7, 11) is 1.77. The van der Waals surface area contributed by atoms with Crippen molar-refractivity contribution < 1.29 is 4.79 Å². The van der Waals surface area contributed by atoms with Gasteiger partial charge >= 0.3 is 0 Å². The van der Waals surface area contributed by atoms with Gasteiger partial charge in [-0.05, 0) is 30.5 Å². The molecule has 0 radical (unpaired) electrons. The van der Waals surface area contributed by atoms with E-state index in [2.05, 4.69) is 0 Å². The van der Waals surface area contributed by atoms with Crippen molar-refractivity contribution >= 4 is 17.5 Å². The fourth-order valence-corrected chi connectivity index (χ4v) is 1.90. The molecule has 100 valence electrons. The van der Waals surface area contributed by atoms with Crippen LogP contribution in [0.3, 0.4) is 0 Å². The summed E-state index contributed by atoms with van der Waals surface area (Å²) in [6.45, 7) is 5.86. The Balaban J connectivity index is 2.84. The van der Waals surface area contributed by atoms with Gasteiger partial charge in [-0.15, -0.1) is 0 Å². The lowest BCUT2D eigenvalue weighted by Crippen LogP contribution is -2.45. The molecule has 0 aliphatic rings. The Morgan fingerprint density at radius 3 is 2.44 bits per heavy atom. The fourth-order valence-electron chi connectivity index (χ4n) is 1.70. The van der Waals surface area contributed by atoms with Crippen LogP contribution in [0.25, 0.3) is 0 Å². The van der Waals surface area contributed by atoms with Gasteiger partial charge in [0, 0.05) is 12.1 Å². The van der Waals surface area contributed by atoms with Crippen LogP contribution < -0.4 is 5.73 Å². The van der Waals surface area contributed by atoms with Crippen LogP contribution in [0.2, 0.25) is 5.02 Å². The van der Waals surface area contributed by atoms with Crippen LogP contribution in [0.15, 0.2) is 24.3 Å². The summed E-state index contributed by atoms with van der Waals surface area (Å²) in [5, 5.41) is 0.674. The summed E-state index contributed by atoms with van der Waals surface area (Å²) < 4.78 is 0. The fraction of sp³-hybridized carbons (Fsp3) is 0.500. The van der Waals surface area contributed by atoms with Crippen molar-refractivity contribution in [3.05, 3.63) is 34.9 Å². The van der Waals surface area contributed by atoms with E-state index in [1.165, 1.54) is 0 Å². The Morgan fingerprint density at radius 2 is 1.94 bits per heavy atom. The lowest BCUT2D eigenvalue weighted by Gasteiger charge is -2.29. The van der Waals surface area contributed by atoms with Gasteiger partial charge in [0.2, 0.25) is 5.91 Å². The second kappa shape index (κ2) is 6.21. The number of carbonyl (C=O) groups is 1. The van der Waals surface area contributed by atoms with Gasteiger partial charge in [-0.1, -0.05) is 37.6 Å². The van der Waals surface area contributed by atoms with Crippen LogP contribution >= 0.6 is 11.6 Å². The summed E-state index contributed by atoms with van der Waals surface area (Å²) in [5.74, 6) is 0.0870. The van der Waals surface area contributed by atoms with E-state index in [1.54, 1.807) is 11.9 Å². The summed E-state index contributed by atoms with van der Waals surface area (Å²) in [6.07, 6.45) is 0. The Labute approximate surface area is 114 Å². The van der Waals surface area contributed by atoms with Gasteiger partial charge in [0.25, 0.3) is 0 Å². The highest BCUT2D eigenvalue weighted by atomic mass is 35.5. The molecule has 0 aliphatic heterocycles. The maximum Gasteiger partial charge on any atom is 0.239 e. The minimum absolute atomic E-state index is 0.0407. The summed E-state index contributed by atoms with van der Waals surface area (Å²) in [6, 6.07) is 7.03. The first-order valence-corrected chi connectivity index (χ1v) is 6.50. The molecule has 0 fully saturated rings. The van der Waals surface area contributed by atoms with E-state index in [9.17, 15) is 4.79 Å². The Hall–Kier alpha value is -1.06. The van der Waals surface area contributed by atoms with E-state index in [0.717, 1.165) is 5.56 Å². The molecule has 4 heteroatoms. The highest BCUT2D eigenvalue weighted by Crippen LogP contribution is 2.22. The molecule has 1 amide bonds. The number of benzene rings is 1. The van der Waals surface area contributed by atoms with Gasteiger partial charge in [-0.3, -0.25) is 4.79 Å². The minimum atomic E-state index is -0.461. The second-order valence-corrected chi connectivity index (χ2v) is 5.39.